The molecule has 94 valence electrons. The average molecular weight is 306 g/mol. The van der Waals surface area contributed by atoms with E-state index in [0.29, 0.717) is 5.41 Å². The first kappa shape index (κ1) is 12.2. The van der Waals surface area contributed by atoms with Crippen molar-refractivity contribution in [2.24, 2.45) is 5.41 Å². The van der Waals surface area contributed by atoms with Crippen LogP contribution in [-0.4, -0.2) is 13.2 Å². The van der Waals surface area contributed by atoms with Gasteiger partial charge in [0.05, 0.1) is 11.5 Å². The molecule has 2 fully saturated rings. The van der Waals surface area contributed by atoms with Crippen LogP contribution in [0.15, 0.2) is 28.7 Å². The molecule has 0 bridgehead atoms. The summed E-state index contributed by atoms with van der Waals surface area (Å²) in [5, 5.41) is 9.60. The van der Waals surface area contributed by atoms with Crippen LogP contribution in [0.5, 0.6) is 0 Å². The van der Waals surface area contributed by atoms with E-state index in [-0.39, 0.29) is 5.41 Å². The molecular weight excluding hydrogens is 290 g/mol. The molecule has 1 saturated carbocycles. The molecule has 0 atom stereocenters. The maximum Gasteiger partial charge on any atom is 0.0833 e. The second-order valence-corrected chi connectivity index (χ2v) is 6.59. The van der Waals surface area contributed by atoms with Gasteiger partial charge in [-0.15, -0.1) is 0 Å². The number of ether oxygens (including phenoxy) is 1. The van der Waals surface area contributed by atoms with Crippen LogP contribution in [0.1, 0.15) is 31.2 Å². The summed E-state index contributed by atoms with van der Waals surface area (Å²) in [7, 11) is 0. The van der Waals surface area contributed by atoms with Crippen LogP contribution in [0.3, 0.4) is 0 Å². The second-order valence-electron chi connectivity index (χ2n) is 5.67. The number of halogens is 1. The standard InChI is InChI=1S/C15H16BrNO/c16-13-3-1-2-12(8-13)15(11-17)9-14(10-15)4-6-18-7-5-14/h1-3,8H,4-7,9-10H2. The van der Waals surface area contributed by atoms with Crippen molar-refractivity contribution < 1.29 is 4.74 Å². The lowest BCUT2D eigenvalue weighted by molar-refractivity contribution is -0.0578. The number of hydrogen-bond acceptors (Lipinski definition) is 2. The fourth-order valence-corrected chi connectivity index (χ4v) is 3.92. The molecule has 0 radical (unpaired) electrons. The summed E-state index contributed by atoms with van der Waals surface area (Å²) in [4.78, 5) is 0. The largest absolute Gasteiger partial charge is 0.381 e. The second kappa shape index (κ2) is 4.36. The van der Waals surface area contributed by atoms with Crippen LogP contribution in [0.25, 0.3) is 0 Å². The third-order valence-corrected chi connectivity index (χ3v) is 4.99. The lowest BCUT2D eigenvalue weighted by Crippen LogP contribution is -2.51. The molecule has 2 nitrogen and oxygen atoms in total. The number of benzene rings is 1. The Hall–Kier alpha value is -0.850. The first-order valence-corrected chi connectivity index (χ1v) is 7.23. The smallest absolute Gasteiger partial charge is 0.0833 e. The quantitative estimate of drug-likeness (QED) is 0.790. The molecule has 1 spiro atoms. The molecular formula is C15H16BrNO. The fraction of sp³-hybridized carbons (Fsp3) is 0.533. The van der Waals surface area contributed by atoms with E-state index in [1.54, 1.807) is 0 Å². The van der Waals surface area contributed by atoms with Crippen LogP contribution in [-0.2, 0) is 10.2 Å². The van der Waals surface area contributed by atoms with E-state index in [4.69, 9.17) is 4.74 Å². The van der Waals surface area contributed by atoms with Gasteiger partial charge in [-0.3, -0.25) is 0 Å². The van der Waals surface area contributed by atoms with Crippen LogP contribution >= 0.6 is 15.9 Å². The van der Waals surface area contributed by atoms with Gasteiger partial charge in [0, 0.05) is 17.7 Å². The Bertz CT molecular complexity index is 491. The van der Waals surface area contributed by atoms with E-state index in [9.17, 15) is 5.26 Å². The molecule has 1 saturated heterocycles. The lowest BCUT2D eigenvalue weighted by Gasteiger charge is -2.55. The molecule has 1 aliphatic carbocycles. The van der Waals surface area contributed by atoms with Crippen molar-refractivity contribution in [3.05, 3.63) is 34.3 Å². The number of hydrogen-bond donors (Lipinski definition) is 0. The zero-order valence-corrected chi connectivity index (χ0v) is 11.9. The topological polar surface area (TPSA) is 33.0 Å². The SMILES string of the molecule is N#CC1(c2cccc(Br)c2)CC2(CCOCC2)C1. The molecule has 18 heavy (non-hydrogen) atoms. The van der Waals surface area contributed by atoms with Crippen molar-refractivity contribution in [2.45, 2.75) is 31.1 Å². The lowest BCUT2D eigenvalue weighted by atomic mass is 9.48. The molecule has 0 aromatic heterocycles. The van der Waals surface area contributed by atoms with Crippen LogP contribution < -0.4 is 0 Å². The van der Waals surface area contributed by atoms with Gasteiger partial charge >= 0.3 is 0 Å². The highest BCUT2D eigenvalue weighted by Crippen LogP contribution is 2.60. The third kappa shape index (κ3) is 1.88. The zero-order valence-electron chi connectivity index (χ0n) is 10.3. The van der Waals surface area contributed by atoms with E-state index < -0.39 is 0 Å². The average Bonchev–Trinajstić information content (AvgIpc) is 2.36. The Morgan fingerprint density at radius 2 is 1.94 bits per heavy atom. The van der Waals surface area contributed by atoms with Gasteiger partial charge in [-0.25, -0.2) is 0 Å². The molecule has 1 heterocycles. The van der Waals surface area contributed by atoms with E-state index in [1.165, 1.54) is 0 Å². The molecule has 3 rings (SSSR count). The van der Waals surface area contributed by atoms with Crippen LogP contribution in [0.2, 0.25) is 0 Å². The minimum atomic E-state index is -0.263. The van der Waals surface area contributed by atoms with E-state index in [1.807, 2.05) is 12.1 Å². The summed E-state index contributed by atoms with van der Waals surface area (Å²) in [6.45, 7) is 1.72. The minimum absolute atomic E-state index is 0.263. The highest BCUT2D eigenvalue weighted by Gasteiger charge is 2.55. The fourth-order valence-electron chi connectivity index (χ4n) is 3.52. The molecule has 1 aromatic carbocycles. The Labute approximate surface area is 116 Å². The van der Waals surface area contributed by atoms with Gasteiger partial charge in [0.25, 0.3) is 0 Å². The molecule has 0 unspecified atom stereocenters. The zero-order chi connectivity index (χ0) is 12.6. The Kier molecular flexibility index (Phi) is 2.96. The maximum atomic E-state index is 9.60. The first-order valence-electron chi connectivity index (χ1n) is 6.43. The monoisotopic (exact) mass is 305 g/mol. The summed E-state index contributed by atoms with van der Waals surface area (Å²) in [6, 6.07) is 10.8. The van der Waals surface area contributed by atoms with Crippen molar-refractivity contribution in [1.82, 2.24) is 0 Å². The molecule has 0 N–H and O–H groups in total. The molecule has 0 amide bonds. The summed E-state index contributed by atoms with van der Waals surface area (Å²) in [6.07, 6.45) is 4.22. The van der Waals surface area contributed by atoms with E-state index in [0.717, 1.165) is 48.9 Å². The first-order chi connectivity index (χ1) is 8.68. The van der Waals surface area contributed by atoms with Gasteiger partial charge in [-0.05, 0) is 48.8 Å². The number of rotatable bonds is 1. The van der Waals surface area contributed by atoms with Crippen LogP contribution in [0, 0.1) is 16.7 Å². The summed E-state index contributed by atoms with van der Waals surface area (Å²) < 4.78 is 6.49. The molecule has 1 aromatic rings. The predicted molar refractivity (Wildman–Crippen MR) is 73.2 cm³/mol. The van der Waals surface area contributed by atoms with Gasteiger partial charge in [0.1, 0.15) is 0 Å². The summed E-state index contributed by atoms with van der Waals surface area (Å²) in [5.41, 5.74) is 1.27. The van der Waals surface area contributed by atoms with Crippen molar-refractivity contribution in [3.8, 4) is 6.07 Å². The van der Waals surface area contributed by atoms with Gasteiger partial charge in [-0.1, -0.05) is 28.1 Å². The minimum Gasteiger partial charge on any atom is -0.381 e. The van der Waals surface area contributed by atoms with E-state index >= 15 is 0 Å². The summed E-state index contributed by atoms with van der Waals surface area (Å²) >= 11 is 3.50. The molecule has 2 aliphatic rings. The third-order valence-electron chi connectivity index (χ3n) is 4.50. The van der Waals surface area contributed by atoms with Crippen molar-refractivity contribution >= 4 is 15.9 Å². The van der Waals surface area contributed by atoms with Crippen molar-refractivity contribution in [3.63, 3.8) is 0 Å². The highest BCUT2D eigenvalue weighted by atomic mass is 79.9. The molecule has 1 aliphatic heterocycles. The predicted octanol–water partition coefficient (Wildman–Crippen LogP) is 3.80. The van der Waals surface area contributed by atoms with E-state index in [2.05, 4.69) is 34.1 Å². The Morgan fingerprint density at radius 3 is 2.56 bits per heavy atom. The highest BCUT2D eigenvalue weighted by molar-refractivity contribution is 9.10. The summed E-state index contributed by atoms with van der Waals surface area (Å²) in [5.74, 6) is 0. The van der Waals surface area contributed by atoms with Gasteiger partial charge in [-0.2, -0.15) is 5.26 Å². The Morgan fingerprint density at radius 1 is 1.22 bits per heavy atom. The van der Waals surface area contributed by atoms with Gasteiger partial charge < -0.3 is 4.74 Å². The van der Waals surface area contributed by atoms with Gasteiger partial charge in [0.2, 0.25) is 0 Å². The van der Waals surface area contributed by atoms with Crippen molar-refractivity contribution in [1.29, 1.82) is 5.26 Å². The Balaban J connectivity index is 1.85. The number of nitrogens with zero attached hydrogens (tertiary/aromatic N) is 1. The van der Waals surface area contributed by atoms with Crippen LogP contribution in [0.4, 0.5) is 0 Å². The number of nitriles is 1. The normalized spacial score (nSPS) is 24.2. The maximum absolute atomic E-state index is 9.60. The molecule has 3 heteroatoms. The van der Waals surface area contributed by atoms with Crippen molar-refractivity contribution in [2.75, 3.05) is 13.2 Å². The van der Waals surface area contributed by atoms with Gasteiger partial charge in [0.15, 0.2) is 0 Å².